The van der Waals surface area contributed by atoms with Crippen molar-refractivity contribution in [2.45, 2.75) is 58.5 Å². The molecule has 0 aromatic heterocycles. The van der Waals surface area contributed by atoms with Crippen LogP contribution < -0.4 is 4.90 Å². The third kappa shape index (κ3) is 2.80. The van der Waals surface area contributed by atoms with Crippen molar-refractivity contribution >= 4 is 5.69 Å². The average Bonchev–Trinajstić information content (AvgIpc) is 2.90. The van der Waals surface area contributed by atoms with Crippen LogP contribution in [0.25, 0.3) is 0 Å². The number of halogens is 1. The lowest BCUT2D eigenvalue weighted by molar-refractivity contribution is 0.197. The molecule has 1 heterocycles. The Morgan fingerprint density at radius 3 is 2.33 bits per heavy atom. The molecule has 1 aromatic rings. The van der Waals surface area contributed by atoms with E-state index in [0.717, 1.165) is 24.3 Å². The number of benzene rings is 1. The minimum absolute atomic E-state index is 0.223. The highest BCUT2D eigenvalue weighted by Crippen LogP contribution is 2.47. The number of hydrogen-bond acceptors (Lipinski definition) is 2. The van der Waals surface area contributed by atoms with Gasteiger partial charge in [-0.3, -0.25) is 0 Å². The summed E-state index contributed by atoms with van der Waals surface area (Å²) < 4.78 is 13.8. The highest BCUT2D eigenvalue weighted by molar-refractivity contribution is 5.57. The van der Waals surface area contributed by atoms with E-state index in [1.807, 2.05) is 6.07 Å². The van der Waals surface area contributed by atoms with Gasteiger partial charge in [0.15, 0.2) is 0 Å². The van der Waals surface area contributed by atoms with Crippen molar-refractivity contribution in [1.82, 2.24) is 0 Å². The topological polar surface area (TPSA) is 23.5 Å². The average molecular weight is 291 g/mol. The van der Waals surface area contributed by atoms with Crippen LogP contribution in [0.3, 0.4) is 0 Å². The number of aliphatic hydroxyl groups excluding tert-OH is 1. The third-order valence-corrected chi connectivity index (χ3v) is 5.59. The Kier molecular flexibility index (Phi) is 3.96. The molecule has 1 saturated heterocycles. The highest BCUT2D eigenvalue weighted by atomic mass is 19.1. The SMILES string of the molecule is Cc1cc(N2CCC3(CCCC3)CC2)c([C@H](C)O)cc1F. The minimum atomic E-state index is -0.627. The van der Waals surface area contributed by atoms with E-state index < -0.39 is 6.10 Å². The molecule has 3 heteroatoms. The Bertz CT molecular complexity index is 510. The first-order chi connectivity index (χ1) is 10.0. The summed E-state index contributed by atoms with van der Waals surface area (Å²) in [5, 5.41) is 9.96. The molecule has 116 valence electrons. The molecule has 1 N–H and O–H groups in total. The standard InChI is InChI=1S/C18H26FNO/c1-13-11-17(15(14(2)21)12-16(13)19)20-9-7-18(8-10-20)5-3-4-6-18/h11-12,14,21H,3-10H2,1-2H3/t14-/m0/s1. The fourth-order valence-electron chi connectivity index (χ4n) is 4.14. The smallest absolute Gasteiger partial charge is 0.126 e. The lowest BCUT2D eigenvalue weighted by Crippen LogP contribution is -2.39. The second-order valence-corrected chi connectivity index (χ2v) is 7.03. The zero-order valence-electron chi connectivity index (χ0n) is 13.2. The zero-order valence-corrected chi connectivity index (χ0v) is 13.2. The van der Waals surface area contributed by atoms with Crippen LogP contribution in [0.4, 0.5) is 10.1 Å². The molecule has 21 heavy (non-hydrogen) atoms. The van der Waals surface area contributed by atoms with E-state index in [2.05, 4.69) is 4.90 Å². The van der Waals surface area contributed by atoms with Crippen molar-refractivity contribution in [2.24, 2.45) is 5.41 Å². The summed E-state index contributed by atoms with van der Waals surface area (Å²) in [4.78, 5) is 2.35. The summed E-state index contributed by atoms with van der Waals surface area (Å²) in [6.07, 6.45) is 7.38. The van der Waals surface area contributed by atoms with Gasteiger partial charge in [0.2, 0.25) is 0 Å². The Labute approximate surface area is 127 Å². The number of aryl methyl sites for hydroxylation is 1. The molecule has 2 aliphatic rings. The van der Waals surface area contributed by atoms with Crippen LogP contribution in [0.1, 0.15) is 62.7 Å². The van der Waals surface area contributed by atoms with E-state index in [1.54, 1.807) is 13.8 Å². The van der Waals surface area contributed by atoms with Gasteiger partial charge >= 0.3 is 0 Å². The van der Waals surface area contributed by atoms with Gasteiger partial charge < -0.3 is 10.0 Å². The molecular formula is C18H26FNO. The maximum atomic E-state index is 13.8. The first-order valence-corrected chi connectivity index (χ1v) is 8.24. The first-order valence-electron chi connectivity index (χ1n) is 8.24. The molecule has 1 spiro atoms. The van der Waals surface area contributed by atoms with Crippen molar-refractivity contribution in [2.75, 3.05) is 18.0 Å². The number of nitrogens with zero attached hydrogens (tertiary/aromatic N) is 1. The van der Waals surface area contributed by atoms with Crippen LogP contribution in [0.15, 0.2) is 12.1 Å². The molecule has 0 radical (unpaired) electrons. The minimum Gasteiger partial charge on any atom is -0.389 e. The fourth-order valence-corrected chi connectivity index (χ4v) is 4.14. The van der Waals surface area contributed by atoms with Gasteiger partial charge in [0, 0.05) is 24.3 Å². The van der Waals surface area contributed by atoms with Gasteiger partial charge in [-0.05, 0) is 62.6 Å². The molecular weight excluding hydrogens is 265 g/mol. The molecule has 1 saturated carbocycles. The van der Waals surface area contributed by atoms with Gasteiger partial charge in [-0.25, -0.2) is 4.39 Å². The summed E-state index contributed by atoms with van der Waals surface area (Å²) in [7, 11) is 0. The van der Waals surface area contributed by atoms with Crippen molar-refractivity contribution < 1.29 is 9.50 Å². The molecule has 0 amide bonds. The number of piperidine rings is 1. The lowest BCUT2D eigenvalue weighted by atomic mass is 9.77. The second-order valence-electron chi connectivity index (χ2n) is 7.03. The molecule has 3 rings (SSSR count). The van der Waals surface area contributed by atoms with Gasteiger partial charge in [-0.1, -0.05) is 12.8 Å². The zero-order chi connectivity index (χ0) is 15.0. The van der Waals surface area contributed by atoms with E-state index in [4.69, 9.17) is 0 Å². The second kappa shape index (κ2) is 5.60. The molecule has 2 fully saturated rings. The summed E-state index contributed by atoms with van der Waals surface area (Å²) in [6, 6.07) is 3.42. The summed E-state index contributed by atoms with van der Waals surface area (Å²) in [6.45, 7) is 5.58. The van der Waals surface area contributed by atoms with Crippen LogP contribution in [0.5, 0.6) is 0 Å². The maximum absolute atomic E-state index is 13.8. The molecule has 1 aliphatic heterocycles. The van der Waals surface area contributed by atoms with Crippen molar-refractivity contribution in [3.8, 4) is 0 Å². The Morgan fingerprint density at radius 2 is 1.76 bits per heavy atom. The van der Waals surface area contributed by atoms with E-state index in [0.29, 0.717) is 11.0 Å². The van der Waals surface area contributed by atoms with E-state index in [1.165, 1.54) is 44.6 Å². The molecule has 1 atom stereocenters. The largest absolute Gasteiger partial charge is 0.389 e. The monoisotopic (exact) mass is 291 g/mol. The lowest BCUT2D eigenvalue weighted by Gasteiger charge is -2.41. The van der Waals surface area contributed by atoms with Crippen molar-refractivity contribution in [3.63, 3.8) is 0 Å². The number of rotatable bonds is 2. The van der Waals surface area contributed by atoms with Gasteiger partial charge in [-0.2, -0.15) is 0 Å². The highest BCUT2D eigenvalue weighted by Gasteiger charge is 2.37. The van der Waals surface area contributed by atoms with E-state index in [-0.39, 0.29) is 5.82 Å². The van der Waals surface area contributed by atoms with Gasteiger partial charge in [0.1, 0.15) is 5.82 Å². The quantitative estimate of drug-likeness (QED) is 0.875. The van der Waals surface area contributed by atoms with Gasteiger partial charge in [-0.15, -0.1) is 0 Å². The third-order valence-electron chi connectivity index (χ3n) is 5.59. The van der Waals surface area contributed by atoms with Crippen LogP contribution in [-0.2, 0) is 0 Å². The Morgan fingerprint density at radius 1 is 1.14 bits per heavy atom. The first kappa shape index (κ1) is 14.8. The van der Waals surface area contributed by atoms with Crippen LogP contribution in [-0.4, -0.2) is 18.2 Å². The molecule has 0 bridgehead atoms. The fraction of sp³-hybridized carbons (Fsp3) is 0.667. The summed E-state index contributed by atoms with van der Waals surface area (Å²) in [5.41, 5.74) is 2.99. The molecule has 1 aromatic carbocycles. The summed E-state index contributed by atoms with van der Waals surface area (Å²) >= 11 is 0. The molecule has 1 aliphatic carbocycles. The van der Waals surface area contributed by atoms with Gasteiger partial charge in [0.05, 0.1) is 6.10 Å². The number of hydrogen-bond donors (Lipinski definition) is 1. The van der Waals surface area contributed by atoms with E-state index >= 15 is 0 Å². The van der Waals surface area contributed by atoms with Crippen LogP contribution in [0, 0.1) is 18.2 Å². The van der Waals surface area contributed by atoms with Gasteiger partial charge in [0.25, 0.3) is 0 Å². The Balaban J connectivity index is 1.83. The maximum Gasteiger partial charge on any atom is 0.126 e. The molecule has 2 nitrogen and oxygen atoms in total. The molecule has 0 unspecified atom stereocenters. The van der Waals surface area contributed by atoms with E-state index in [9.17, 15) is 9.50 Å². The summed E-state index contributed by atoms with van der Waals surface area (Å²) in [5.74, 6) is -0.223. The van der Waals surface area contributed by atoms with Crippen LogP contribution >= 0.6 is 0 Å². The Hall–Kier alpha value is -1.09. The van der Waals surface area contributed by atoms with Crippen LogP contribution in [0.2, 0.25) is 0 Å². The van der Waals surface area contributed by atoms with Crippen molar-refractivity contribution in [1.29, 1.82) is 0 Å². The number of aliphatic hydroxyl groups is 1. The number of anilines is 1. The predicted molar refractivity (Wildman–Crippen MR) is 84.1 cm³/mol. The predicted octanol–water partition coefficient (Wildman–Crippen LogP) is 4.35. The van der Waals surface area contributed by atoms with Crippen molar-refractivity contribution in [3.05, 3.63) is 29.1 Å². The normalized spacial score (nSPS) is 22.8.